The minimum atomic E-state index is -0.00596. The van der Waals surface area contributed by atoms with Gasteiger partial charge in [-0.15, -0.1) is 0 Å². The van der Waals surface area contributed by atoms with Crippen molar-refractivity contribution in [1.29, 1.82) is 0 Å². The Kier molecular flexibility index (Phi) is 6.13. The van der Waals surface area contributed by atoms with Gasteiger partial charge in [0, 0.05) is 25.0 Å². The van der Waals surface area contributed by atoms with Crippen LogP contribution in [0.15, 0.2) is 0 Å². The highest BCUT2D eigenvalue weighted by molar-refractivity contribution is 5.77. The molecule has 0 aliphatic heterocycles. The van der Waals surface area contributed by atoms with Crippen LogP contribution in [0.3, 0.4) is 0 Å². The van der Waals surface area contributed by atoms with E-state index >= 15 is 0 Å². The van der Waals surface area contributed by atoms with E-state index in [9.17, 15) is 4.79 Å². The van der Waals surface area contributed by atoms with Crippen LogP contribution < -0.4 is 5.73 Å². The highest BCUT2D eigenvalue weighted by Gasteiger charge is 2.28. The molecule has 1 atom stereocenters. The third kappa shape index (κ3) is 4.60. The van der Waals surface area contributed by atoms with Gasteiger partial charge >= 0.3 is 0 Å². The van der Waals surface area contributed by atoms with Crippen molar-refractivity contribution in [3.05, 3.63) is 0 Å². The topological polar surface area (TPSA) is 46.3 Å². The molecular formula is C15H30N2O. The van der Waals surface area contributed by atoms with Gasteiger partial charge in [-0.25, -0.2) is 0 Å². The molecule has 0 saturated heterocycles. The number of carbonyl (C=O) groups excluding carboxylic acids is 1. The van der Waals surface area contributed by atoms with E-state index in [-0.39, 0.29) is 11.9 Å². The minimum Gasteiger partial charge on any atom is -0.339 e. The molecular weight excluding hydrogens is 224 g/mol. The third-order valence-electron chi connectivity index (χ3n) is 3.91. The van der Waals surface area contributed by atoms with E-state index in [2.05, 4.69) is 32.6 Å². The molecule has 0 aromatic carbocycles. The lowest BCUT2D eigenvalue weighted by atomic mass is 10.0. The Balaban J connectivity index is 2.60. The second-order valence-corrected chi connectivity index (χ2v) is 6.49. The van der Waals surface area contributed by atoms with Gasteiger partial charge in [0.25, 0.3) is 0 Å². The van der Waals surface area contributed by atoms with Crippen molar-refractivity contribution in [2.45, 2.75) is 71.9 Å². The van der Waals surface area contributed by atoms with Crippen LogP contribution >= 0.6 is 0 Å². The fourth-order valence-corrected chi connectivity index (χ4v) is 2.62. The number of nitrogens with zero attached hydrogens (tertiary/aromatic N) is 1. The zero-order chi connectivity index (χ0) is 13.7. The van der Waals surface area contributed by atoms with Gasteiger partial charge in [0.1, 0.15) is 0 Å². The fraction of sp³-hybridized carbons (Fsp3) is 0.933. The standard InChI is InChI=1S/C15H30N2O/c1-11(2)10-17(13-7-5-6-8-13)15(18)9-14(16)12(3)4/h11-14H,5-10,16H2,1-4H3. The first-order valence-corrected chi connectivity index (χ1v) is 7.46. The van der Waals surface area contributed by atoms with E-state index < -0.39 is 0 Å². The lowest BCUT2D eigenvalue weighted by molar-refractivity contribution is -0.134. The predicted octanol–water partition coefficient (Wildman–Crippen LogP) is 2.79. The normalized spacial score (nSPS) is 18.6. The first kappa shape index (κ1) is 15.5. The Morgan fingerprint density at radius 3 is 2.22 bits per heavy atom. The van der Waals surface area contributed by atoms with E-state index in [0.717, 1.165) is 6.54 Å². The predicted molar refractivity (Wildman–Crippen MR) is 76.2 cm³/mol. The summed E-state index contributed by atoms with van der Waals surface area (Å²) in [7, 11) is 0. The molecule has 0 radical (unpaired) electrons. The molecule has 0 heterocycles. The molecule has 2 N–H and O–H groups in total. The zero-order valence-electron chi connectivity index (χ0n) is 12.5. The SMILES string of the molecule is CC(C)CN(C(=O)CC(N)C(C)C)C1CCCC1. The molecule has 1 amide bonds. The average molecular weight is 254 g/mol. The van der Waals surface area contributed by atoms with Gasteiger partial charge in [-0.3, -0.25) is 4.79 Å². The monoisotopic (exact) mass is 254 g/mol. The van der Waals surface area contributed by atoms with Crippen LogP contribution in [0.25, 0.3) is 0 Å². The summed E-state index contributed by atoms with van der Waals surface area (Å²) in [6.07, 6.45) is 5.39. The summed E-state index contributed by atoms with van der Waals surface area (Å²) in [5, 5.41) is 0. The lowest BCUT2D eigenvalue weighted by Crippen LogP contribution is -2.44. The number of amides is 1. The molecule has 3 heteroatoms. The largest absolute Gasteiger partial charge is 0.339 e. The fourth-order valence-electron chi connectivity index (χ4n) is 2.62. The van der Waals surface area contributed by atoms with Crippen LogP contribution in [-0.4, -0.2) is 29.4 Å². The second-order valence-electron chi connectivity index (χ2n) is 6.49. The quantitative estimate of drug-likeness (QED) is 0.792. The summed E-state index contributed by atoms with van der Waals surface area (Å²) < 4.78 is 0. The molecule has 1 fully saturated rings. The molecule has 0 aromatic heterocycles. The Morgan fingerprint density at radius 1 is 1.22 bits per heavy atom. The number of nitrogens with two attached hydrogens (primary N) is 1. The summed E-state index contributed by atoms with van der Waals surface area (Å²) in [6.45, 7) is 9.41. The van der Waals surface area contributed by atoms with Crippen molar-refractivity contribution in [3.63, 3.8) is 0 Å². The summed E-state index contributed by atoms with van der Waals surface area (Å²) in [6, 6.07) is 0.466. The van der Waals surface area contributed by atoms with Crippen molar-refractivity contribution in [2.75, 3.05) is 6.54 Å². The van der Waals surface area contributed by atoms with Gasteiger partial charge in [-0.1, -0.05) is 40.5 Å². The molecule has 106 valence electrons. The summed E-state index contributed by atoms with van der Waals surface area (Å²) in [5.41, 5.74) is 6.04. The van der Waals surface area contributed by atoms with Crippen LogP contribution in [0.4, 0.5) is 0 Å². The number of hydrogen-bond acceptors (Lipinski definition) is 2. The van der Waals surface area contributed by atoms with Gasteiger partial charge < -0.3 is 10.6 Å². The van der Waals surface area contributed by atoms with Crippen LogP contribution in [0.2, 0.25) is 0 Å². The maximum Gasteiger partial charge on any atom is 0.224 e. The van der Waals surface area contributed by atoms with Gasteiger partial charge in [0.05, 0.1) is 0 Å². The lowest BCUT2D eigenvalue weighted by Gasteiger charge is -2.32. The Hall–Kier alpha value is -0.570. The summed E-state index contributed by atoms with van der Waals surface area (Å²) in [4.78, 5) is 14.5. The molecule has 3 nitrogen and oxygen atoms in total. The summed E-state index contributed by atoms with van der Waals surface area (Å²) in [5.74, 6) is 1.17. The third-order valence-corrected chi connectivity index (χ3v) is 3.91. The van der Waals surface area contributed by atoms with E-state index in [4.69, 9.17) is 5.73 Å². The van der Waals surface area contributed by atoms with Crippen molar-refractivity contribution in [2.24, 2.45) is 17.6 Å². The number of carbonyl (C=O) groups is 1. The maximum atomic E-state index is 12.4. The molecule has 1 aliphatic rings. The smallest absolute Gasteiger partial charge is 0.224 e. The van der Waals surface area contributed by atoms with Gasteiger partial charge in [-0.2, -0.15) is 0 Å². The molecule has 1 saturated carbocycles. The molecule has 0 bridgehead atoms. The van der Waals surface area contributed by atoms with Crippen molar-refractivity contribution < 1.29 is 4.79 Å². The molecule has 18 heavy (non-hydrogen) atoms. The molecule has 1 unspecified atom stereocenters. The minimum absolute atomic E-state index is 0.00596. The second kappa shape index (κ2) is 7.13. The van der Waals surface area contributed by atoms with E-state index in [1.807, 2.05) is 0 Å². The van der Waals surface area contributed by atoms with Gasteiger partial charge in [0.15, 0.2) is 0 Å². The molecule has 1 rings (SSSR count). The van der Waals surface area contributed by atoms with Gasteiger partial charge in [0.2, 0.25) is 5.91 Å². The number of hydrogen-bond donors (Lipinski definition) is 1. The van der Waals surface area contributed by atoms with Crippen molar-refractivity contribution >= 4 is 5.91 Å². The average Bonchev–Trinajstić information content (AvgIpc) is 2.78. The Bertz CT molecular complexity index is 257. The van der Waals surface area contributed by atoms with Gasteiger partial charge in [-0.05, 0) is 24.7 Å². The Labute approximate surface area is 112 Å². The van der Waals surface area contributed by atoms with Crippen LogP contribution in [0.5, 0.6) is 0 Å². The van der Waals surface area contributed by atoms with Crippen molar-refractivity contribution in [1.82, 2.24) is 4.90 Å². The van der Waals surface area contributed by atoms with Crippen LogP contribution in [0.1, 0.15) is 59.8 Å². The first-order chi connectivity index (χ1) is 8.41. The van der Waals surface area contributed by atoms with E-state index in [1.54, 1.807) is 0 Å². The number of rotatable bonds is 6. The van der Waals surface area contributed by atoms with E-state index in [1.165, 1.54) is 25.7 Å². The molecule has 0 aromatic rings. The van der Waals surface area contributed by atoms with Crippen LogP contribution in [0, 0.1) is 11.8 Å². The zero-order valence-corrected chi connectivity index (χ0v) is 12.5. The first-order valence-electron chi connectivity index (χ1n) is 7.46. The van der Waals surface area contributed by atoms with E-state index in [0.29, 0.717) is 24.3 Å². The van der Waals surface area contributed by atoms with Crippen LogP contribution in [-0.2, 0) is 4.79 Å². The molecule has 1 aliphatic carbocycles. The van der Waals surface area contributed by atoms with Crippen molar-refractivity contribution in [3.8, 4) is 0 Å². The maximum absolute atomic E-state index is 12.4. The Morgan fingerprint density at radius 2 is 1.78 bits per heavy atom. The summed E-state index contributed by atoms with van der Waals surface area (Å²) >= 11 is 0. The highest BCUT2D eigenvalue weighted by Crippen LogP contribution is 2.25. The molecule has 0 spiro atoms. The highest BCUT2D eigenvalue weighted by atomic mass is 16.2.